The highest BCUT2D eigenvalue weighted by Crippen LogP contribution is 2.30. The van der Waals surface area contributed by atoms with Gasteiger partial charge < -0.3 is 10.6 Å². The number of halogens is 4. The minimum absolute atomic E-state index is 0. The summed E-state index contributed by atoms with van der Waals surface area (Å²) in [6.45, 7) is 11.3. The Morgan fingerprint density at radius 2 is 2.00 bits per heavy atom. The summed E-state index contributed by atoms with van der Waals surface area (Å²) in [6.07, 6.45) is -1.20. The van der Waals surface area contributed by atoms with Crippen LogP contribution < -0.4 is 10.6 Å². The molecule has 1 aliphatic rings. The molecule has 2 rings (SSSR count). The molecule has 10 heteroatoms. The third kappa shape index (κ3) is 7.61. The van der Waals surface area contributed by atoms with Crippen molar-refractivity contribution < 1.29 is 13.2 Å². The highest BCUT2D eigenvalue weighted by molar-refractivity contribution is 14.0. The third-order valence-electron chi connectivity index (χ3n) is 4.35. The fraction of sp³-hybridized carbons (Fsp3) is 0.667. The van der Waals surface area contributed by atoms with E-state index in [9.17, 15) is 13.2 Å². The lowest BCUT2D eigenvalue weighted by Gasteiger charge is -2.33. The summed E-state index contributed by atoms with van der Waals surface area (Å²) in [7, 11) is 1.48. The van der Waals surface area contributed by atoms with Gasteiger partial charge in [-0.2, -0.15) is 18.3 Å². The zero-order valence-electron chi connectivity index (χ0n) is 16.6. The van der Waals surface area contributed by atoms with Crippen LogP contribution in [-0.4, -0.2) is 52.9 Å². The maximum absolute atomic E-state index is 13.1. The zero-order valence-corrected chi connectivity index (χ0v) is 19.0. The van der Waals surface area contributed by atoms with E-state index in [1.807, 2.05) is 13.8 Å². The second-order valence-corrected chi connectivity index (χ2v) is 7.02. The van der Waals surface area contributed by atoms with Gasteiger partial charge in [0.2, 0.25) is 0 Å². The van der Waals surface area contributed by atoms with Gasteiger partial charge in [0, 0.05) is 51.0 Å². The lowest BCUT2D eigenvalue weighted by atomic mass is 10.0. The Bertz CT molecular complexity index is 663. The molecule has 0 amide bonds. The molecule has 0 saturated carbocycles. The number of aliphatic imine (C=N–C) groups is 1. The summed E-state index contributed by atoms with van der Waals surface area (Å²) >= 11 is 0. The Balaban J connectivity index is 0.00000392. The second kappa shape index (κ2) is 11.0. The first kappa shape index (κ1) is 24.7. The van der Waals surface area contributed by atoms with Crippen LogP contribution in [0.1, 0.15) is 37.9 Å². The van der Waals surface area contributed by atoms with Crippen LogP contribution >= 0.6 is 24.0 Å². The number of aryl methyl sites for hydroxylation is 1. The first-order valence-corrected chi connectivity index (χ1v) is 9.20. The average molecular weight is 514 g/mol. The van der Waals surface area contributed by atoms with Crippen LogP contribution in [0, 0.1) is 0 Å². The van der Waals surface area contributed by atoms with Crippen LogP contribution in [0.15, 0.2) is 23.3 Å². The van der Waals surface area contributed by atoms with E-state index >= 15 is 0 Å². The Hall–Kier alpha value is -1.30. The lowest BCUT2D eigenvalue weighted by molar-refractivity contribution is -0.142. The van der Waals surface area contributed by atoms with Crippen LogP contribution in [0.5, 0.6) is 0 Å². The zero-order chi connectivity index (χ0) is 20.0. The largest absolute Gasteiger partial charge is 0.435 e. The Morgan fingerprint density at radius 1 is 1.36 bits per heavy atom. The molecule has 2 heterocycles. The molecule has 1 aromatic rings. The second-order valence-electron chi connectivity index (χ2n) is 7.02. The number of guanidine groups is 1. The Kier molecular flexibility index (Phi) is 9.75. The number of rotatable bonds is 6. The van der Waals surface area contributed by atoms with Crippen molar-refractivity contribution in [2.75, 3.05) is 26.2 Å². The van der Waals surface area contributed by atoms with E-state index in [1.54, 1.807) is 0 Å². The number of hydrogen-bond acceptors (Lipinski definition) is 3. The van der Waals surface area contributed by atoms with Gasteiger partial charge in [-0.15, -0.1) is 24.0 Å². The summed E-state index contributed by atoms with van der Waals surface area (Å²) < 4.78 is 40.4. The van der Waals surface area contributed by atoms with Gasteiger partial charge in [0.1, 0.15) is 0 Å². The molecule has 0 spiro atoms. The molecule has 6 nitrogen and oxygen atoms in total. The highest BCUT2D eigenvalue weighted by Gasteiger charge is 2.36. The topological polar surface area (TPSA) is 57.5 Å². The molecule has 0 radical (unpaired) electrons. The highest BCUT2D eigenvalue weighted by atomic mass is 127. The number of hydrogen-bond donors (Lipinski definition) is 2. The van der Waals surface area contributed by atoms with Gasteiger partial charge in [-0.25, -0.2) is 4.99 Å². The van der Waals surface area contributed by atoms with Crippen molar-refractivity contribution >= 4 is 29.9 Å². The number of nitrogens with one attached hydrogen (secondary N) is 2. The van der Waals surface area contributed by atoms with Crippen molar-refractivity contribution in [2.24, 2.45) is 12.0 Å². The number of nitrogens with zero attached hydrogens (tertiary/aromatic N) is 4. The molecule has 0 unspecified atom stereocenters. The quantitative estimate of drug-likeness (QED) is 0.265. The Morgan fingerprint density at radius 3 is 2.54 bits per heavy atom. The predicted molar refractivity (Wildman–Crippen MR) is 116 cm³/mol. The average Bonchev–Trinajstić information content (AvgIpc) is 2.95. The molecule has 1 fully saturated rings. The fourth-order valence-electron chi connectivity index (χ4n) is 3.19. The maximum atomic E-state index is 13.1. The van der Waals surface area contributed by atoms with Gasteiger partial charge in [-0.05, 0) is 26.7 Å². The van der Waals surface area contributed by atoms with E-state index in [4.69, 9.17) is 0 Å². The first-order valence-electron chi connectivity index (χ1n) is 9.20. The van der Waals surface area contributed by atoms with Crippen LogP contribution in [0.4, 0.5) is 13.2 Å². The van der Waals surface area contributed by atoms with Crippen LogP contribution in [-0.2, 0) is 19.8 Å². The first-order chi connectivity index (χ1) is 12.7. The smallest absolute Gasteiger partial charge is 0.357 e. The summed E-state index contributed by atoms with van der Waals surface area (Å²) in [5.74, 6) is 0.535. The number of alkyl halides is 3. The molecule has 1 saturated heterocycles. The van der Waals surface area contributed by atoms with Crippen LogP contribution in [0.3, 0.4) is 0 Å². The van der Waals surface area contributed by atoms with Crippen molar-refractivity contribution in [1.82, 2.24) is 25.3 Å². The SMILES string of the molecule is C=C(C)CN1CCC(NC(=NCc2cn(C)nc2C(F)(F)F)NCC)CC1.I. The van der Waals surface area contributed by atoms with E-state index < -0.39 is 11.9 Å². The molecule has 0 bridgehead atoms. The molecular weight excluding hydrogens is 484 g/mol. The lowest BCUT2D eigenvalue weighted by Crippen LogP contribution is -2.48. The molecule has 0 aliphatic carbocycles. The fourth-order valence-corrected chi connectivity index (χ4v) is 3.19. The number of likely N-dealkylation sites (tertiary alicyclic amines) is 1. The van der Waals surface area contributed by atoms with Crippen molar-refractivity contribution in [1.29, 1.82) is 0 Å². The summed E-state index contributed by atoms with van der Waals surface area (Å²) in [5, 5.41) is 9.98. The number of aromatic nitrogens is 2. The molecule has 2 N–H and O–H groups in total. The minimum atomic E-state index is -4.48. The standard InChI is InChI=1S/C18H29F3N6.HI/c1-5-22-17(24-15-6-8-27(9-7-15)11-13(2)3)23-10-14-12-26(4)25-16(14)18(19,20)21;/h12,15H,2,5-11H2,1,3-4H3,(H2,22,23,24);1H. The van der Waals surface area contributed by atoms with Crippen molar-refractivity contribution in [3.8, 4) is 0 Å². The molecular formula is C18H30F3IN6. The maximum Gasteiger partial charge on any atom is 0.435 e. The van der Waals surface area contributed by atoms with Gasteiger partial charge in [0.05, 0.1) is 6.54 Å². The monoisotopic (exact) mass is 514 g/mol. The van der Waals surface area contributed by atoms with Crippen molar-refractivity contribution in [3.63, 3.8) is 0 Å². The van der Waals surface area contributed by atoms with E-state index in [1.165, 1.54) is 17.9 Å². The van der Waals surface area contributed by atoms with E-state index in [-0.39, 0.29) is 42.1 Å². The van der Waals surface area contributed by atoms with Gasteiger partial charge in [-0.1, -0.05) is 12.2 Å². The van der Waals surface area contributed by atoms with Crippen LogP contribution in [0.25, 0.3) is 0 Å². The third-order valence-corrected chi connectivity index (χ3v) is 4.35. The summed E-state index contributed by atoms with van der Waals surface area (Å²) in [4.78, 5) is 6.70. The molecule has 0 atom stereocenters. The summed E-state index contributed by atoms with van der Waals surface area (Å²) in [5.41, 5.74) is 0.337. The van der Waals surface area contributed by atoms with Gasteiger partial charge in [-0.3, -0.25) is 9.58 Å². The molecule has 0 aromatic carbocycles. The predicted octanol–water partition coefficient (Wildman–Crippen LogP) is 3.15. The van der Waals surface area contributed by atoms with Crippen LogP contribution in [0.2, 0.25) is 0 Å². The van der Waals surface area contributed by atoms with Gasteiger partial charge in [0.25, 0.3) is 0 Å². The van der Waals surface area contributed by atoms with Crippen molar-refractivity contribution in [2.45, 2.75) is 45.5 Å². The van der Waals surface area contributed by atoms with E-state index in [0.717, 1.165) is 38.0 Å². The molecule has 1 aliphatic heterocycles. The van der Waals surface area contributed by atoms with Gasteiger partial charge >= 0.3 is 6.18 Å². The minimum Gasteiger partial charge on any atom is -0.357 e. The van der Waals surface area contributed by atoms with E-state index in [0.29, 0.717) is 12.5 Å². The Labute approximate surface area is 181 Å². The number of piperidine rings is 1. The molecule has 1 aromatic heterocycles. The normalized spacial score (nSPS) is 16.6. The van der Waals surface area contributed by atoms with Crippen molar-refractivity contribution in [3.05, 3.63) is 29.6 Å². The molecule has 28 heavy (non-hydrogen) atoms. The van der Waals surface area contributed by atoms with Gasteiger partial charge in [0.15, 0.2) is 11.7 Å². The van der Waals surface area contributed by atoms with E-state index in [2.05, 4.69) is 32.2 Å². The molecule has 160 valence electrons. The summed E-state index contributed by atoms with van der Waals surface area (Å²) in [6, 6.07) is 0.250.